The molecular formula is C25H43P. The molecule has 2 rings (SSSR count). The van der Waals surface area contributed by atoms with E-state index in [0.29, 0.717) is 0 Å². The van der Waals surface area contributed by atoms with Crippen LogP contribution in [0.2, 0.25) is 0 Å². The first-order valence-corrected chi connectivity index (χ1v) is 13.1. The Morgan fingerprint density at radius 3 is 2.81 bits per heavy atom. The van der Waals surface area contributed by atoms with Crippen LogP contribution < -0.4 is 0 Å². The Kier molecular flexibility index (Phi) is 10.3. The molecule has 0 saturated heterocycles. The van der Waals surface area contributed by atoms with Gasteiger partial charge in [-0.2, -0.15) is 0 Å². The van der Waals surface area contributed by atoms with E-state index < -0.39 is 0 Å². The lowest BCUT2D eigenvalue weighted by Gasteiger charge is -2.18. The molecule has 0 aromatic carbocycles. The van der Waals surface area contributed by atoms with E-state index in [0.717, 1.165) is 26.3 Å². The molecule has 2 aliphatic rings. The van der Waals surface area contributed by atoms with Gasteiger partial charge in [0.05, 0.1) is 0 Å². The molecule has 148 valence electrons. The van der Waals surface area contributed by atoms with Gasteiger partial charge >= 0.3 is 0 Å². The van der Waals surface area contributed by atoms with Gasteiger partial charge in [-0.15, -0.1) is 8.58 Å². The average molecular weight is 375 g/mol. The van der Waals surface area contributed by atoms with E-state index in [1.807, 2.05) is 0 Å². The Labute approximate surface area is 165 Å². The first-order chi connectivity index (χ1) is 12.6. The molecule has 26 heavy (non-hydrogen) atoms. The van der Waals surface area contributed by atoms with E-state index in [1.165, 1.54) is 76.8 Å². The molecule has 0 radical (unpaired) electrons. The van der Waals surface area contributed by atoms with Crippen molar-refractivity contribution < 1.29 is 0 Å². The Hall–Kier alpha value is -0.350. The molecule has 0 nitrogen and oxygen atoms in total. The standard InChI is InChI=1S/C25H43P/c1-5-20(2)12-14-22-15-17-25(19-22)24(11-8-18-26-4)16-13-21(3)23-9-6-7-10-23/h9,11,19-21,25-26H,5-8,10,12-18H2,1-4H3/b24-11+. The van der Waals surface area contributed by atoms with Crippen LogP contribution >= 0.6 is 8.58 Å². The van der Waals surface area contributed by atoms with Gasteiger partial charge in [-0.25, -0.2) is 0 Å². The van der Waals surface area contributed by atoms with E-state index in [9.17, 15) is 0 Å². The minimum Gasteiger partial charge on any atom is -0.125 e. The van der Waals surface area contributed by atoms with Crippen LogP contribution in [-0.4, -0.2) is 12.8 Å². The highest BCUT2D eigenvalue weighted by Crippen LogP contribution is 2.37. The summed E-state index contributed by atoms with van der Waals surface area (Å²) in [6.45, 7) is 9.53. The molecule has 0 saturated carbocycles. The Morgan fingerprint density at radius 2 is 2.12 bits per heavy atom. The molecule has 4 atom stereocenters. The Morgan fingerprint density at radius 1 is 1.27 bits per heavy atom. The van der Waals surface area contributed by atoms with Gasteiger partial charge in [0.25, 0.3) is 0 Å². The summed E-state index contributed by atoms with van der Waals surface area (Å²) in [5.41, 5.74) is 5.27. The molecule has 0 spiro atoms. The van der Waals surface area contributed by atoms with Gasteiger partial charge in [0.2, 0.25) is 0 Å². The lowest BCUT2D eigenvalue weighted by atomic mass is 9.88. The lowest BCUT2D eigenvalue weighted by molar-refractivity contribution is 0.512. The maximum absolute atomic E-state index is 2.67. The molecule has 0 bridgehead atoms. The number of rotatable bonds is 12. The molecular weight excluding hydrogens is 331 g/mol. The Bertz CT molecular complexity index is 496. The zero-order valence-electron chi connectivity index (χ0n) is 17.9. The van der Waals surface area contributed by atoms with Crippen molar-refractivity contribution in [2.24, 2.45) is 17.8 Å². The third-order valence-electron chi connectivity index (χ3n) is 6.72. The van der Waals surface area contributed by atoms with Gasteiger partial charge in [0.1, 0.15) is 0 Å². The quantitative estimate of drug-likeness (QED) is 0.183. The fourth-order valence-electron chi connectivity index (χ4n) is 4.48. The summed E-state index contributed by atoms with van der Waals surface area (Å²) in [6.07, 6.45) is 24.1. The first kappa shape index (κ1) is 21.9. The average Bonchev–Trinajstić information content (AvgIpc) is 3.34. The van der Waals surface area contributed by atoms with Crippen molar-refractivity contribution in [2.75, 3.05) is 12.8 Å². The van der Waals surface area contributed by atoms with Gasteiger partial charge in [-0.1, -0.05) is 62.1 Å². The second kappa shape index (κ2) is 12.2. The second-order valence-corrected chi connectivity index (χ2v) is 10.0. The van der Waals surface area contributed by atoms with Crippen molar-refractivity contribution in [3.8, 4) is 0 Å². The smallest absolute Gasteiger partial charge is 0.00176 e. The first-order valence-electron chi connectivity index (χ1n) is 11.4. The largest absolute Gasteiger partial charge is 0.125 e. The van der Waals surface area contributed by atoms with Gasteiger partial charge in [0.15, 0.2) is 0 Å². The molecule has 0 heterocycles. The van der Waals surface area contributed by atoms with E-state index >= 15 is 0 Å². The van der Waals surface area contributed by atoms with Crippen LogP contribution in [-0.2, 0) is 0 Å². The van der Waals surface area contributed by atoms with Crippen molar-refractivity contribution in [2.45, 2.75) is 91.4 Å². The summed E-state index contributed by atoms with van der Waals surface area (Å²) < 4.78 is 0. The van der Waals surface area contributed by atoms with Gasteiger partial charge in [-0.3, -0.25) is 0 Å². The number of hydrogen-bond acceptors (Lipinski definition) is 0. The topological polar surface area (TPSA) is 0 Å². The third-order valence-corrected chi connectivity index (χ3v) is 7.51. The van der Waals surface area contributed by atoms with Crippen molar-refractivity contribution in [1.29, 1.82) is 0 Å². The van der Waals surface area contributed by atoms with Crippen LogP contribution in [0.15, 0.2) is 34.9 Å². The molecule has 4 unspecified atom stereocenters. The highest BCUT2D eigenvalue weighted by atomic mass is 31.1. The molecule has 2 aliphatic carbocycles. The summed E-state index contributed by atoms with van der Waals surface area (Å²) in [4.78, 5) is 0. The van der Waals surface area contributed by atoms with Gasteiger partial charge in [-0.05, 0) is 94.8 Å². The second-order valence-electron chi connectivity index (χ2n) is 8.80. The van der Waals surface area contributed by atoms with Crippen LogP contribution in [0.1, 0.15) is 91.4 Å². The van der Waals surface area contributed by atoms with Crippen molar-refractivity contribution >= 4 is 8.58 Å². The fourth-order valence-corrected chi connectivity index (χ4v) is 4.91. The third kappa shape index (κ3) is 7.34. The highest BCUT2D eigenvalue weighted by molar-refractivity contribution is 7.36. The van der Waals surface area contributed by atoms with E-state index in [1.54, 1.807) is 16.7 Å². The van der Waals surface area contributed by atoms with Crippen LogP contribution in [0.4, 0.5) is 0 Å². The van der Waals surface area contributed by atoms with Crippen LogP contribution in [0.5, 0.6) is 0 Å². The summed E-state index contributed by atoms with van der Waals surface area (Å²) in [5.74, 6) is 2.44. The minimum absolute atomic E-state index is 0.756. The van der Waals surface area contributed by atoms with Crippen molar-refractivity contribution in [1.82, 2.24) is 0 Å². The SMILES string of the molecule is CCC(C)CCC1=CC(/C(=C/CCPC)CCC(C)C2=CCCC2)CC1. The van der Waals surface area contributed by atoms with Gasteiger partial charge < -0.3 is 0 Å². The van der Waals surface area contributed by atoms with Crippen LogP contribution in [0, 0.1) is 17.8 Å². The predicted octanol–water partition coefficient (Wildman–Crippen LogP) is 8.30. The van der Waals surface area contributed by atoms with Crippen LogP contribution in [0.25, 0.3) is 0 Å². The molecule has 0 N–H and O–H groups in total. The van der Waals surface area contributed by atoms with Crippen LogP contribution in [0.3, 0.4) is 0 Å². The summed E-state index contributed by atoms with van der Waals surface area (Å²) in [6, 6.07) is 0. The summed E-state index contributed by atoms with van der Waals surface area (Å²) in [5, 5.41) is 0. The van der Waals surface area contributed by atoms with Crippen molar-refractivity contribution in [3.63, 3.8) is 0 Å². The molecule has 0 amide bonds. The zero-order chi connectivity index (χ0) is 18.8. The molecule has 0 aliphatic heterocycles. The fraction of sp³-hybridized carbons (Fsp3) is 0.760. The van der Waals surface area contributed by atoms with Crippen molar-refractivity contribution in [3.05, 3.63) is 34.9 Å². The minimum atomic E-state index is 0.756. The maximum Gasteiger partial charge on any atom is -0.00176 e. The maximum atomic E-state index is 2.67. The van der Waals surface area contributed by atoms with E-state index in [-0.39, 0.29) is 0 Å². The monoisotopic (exact) mass is 374 g/mol. The predicted molar refractivity (Wildman–Crippen MR) is 122 cm³/mol. The van der Waals surface area contributed by atoms with Gasteiger partial charge in [0, 0.05) is 0 Å². The van der Waals surface area contributed by atoms with E-state index in [4.69, 9.17) is 0 Å². The molecule has 0 aromatic heterocycles. The molecule has 0 fully saturated rings. The Balaban J connectivity index is 1.91. The zero-order valence-corrected chi connectivity index (χ0v) is 18.9. The summed E-state index contributed by atoms with van der Waals surface area (Å²) >= 11 is 0. The summed E-state index contributed by atoms with van der Waals surface area (Å²) in [7, 11) is 1.09. The lowest BCUT2D eigenvalue weighted by Crippen LogP contribution is -2.03. The number of hydrogen-bond donors (Lipinski definition) is 0. The molecule has 1 heteroatoms. The highest BCUT2D eigenvalue weighted by Gasteiger charge is 2.21. The molecule has 0 aromatic rings. The normalized spacial score (nSPS) is 23.5. The van der Waals surface area contributed by atoms with E-state index in [2.05, 4.69) is 45.7 Å². The number of allylic oxidation sites excluding steroid dienone is 6.